The van der Waals surface area contributed by atoms with Crippen LogP contribution in [0, 0.1) is 13.8 Å². The molecule has 1 fully saturated rings. The second-order valence-electron chi connectivity index (χ2n) is 7.35. The van der Waals surface area contributed by atoms with Crippen LogP contribution in [0.2, 0.25) is 5.02 Å². The van der Waals surface area contributed by atoms with E-state index in [1.807, 2.05) is 38.1 Å². The number of rotatable bonds is 6. The number of hydrogen-bond donors (Lipinski definition) is 1. The Bertz CT molecular complexity index is 1270. The lowest BCUT2D eigenvalue weighted by molar-refractivity contribution is -0.127. The molecule has 0 spiro atoms. The smallest absolute Gasteiger partial charge is 0.294 e. The number of imide groups is 1. The first-order valence-corrected chi connectivity index (χ1v) is 12.0. The van der Waals surface area contributed by atoms with Gasteiger partial charge in [0, 0.05) is 21.7 Å². The van der Waals surface area contributed by atoms with Gasteiger partial charge in [0.1, 0.15) is 12.3 Å². The molecular weight excluding hydrogens is 480 g/mol. The minimum atomic E-state index is -0.536. The van der Waals surface area contributed by atoms with E-state index in [2.05, 4.69) is 5.32 Å². The number of anilines is 1. The largest absolute Gasteiger partial charge is 0.450 e. The van der Waals surface area contributed by atoms with Gasteiger partial charge in [-0.05, 0) is 67.6 Å². The van der Waals surface area contributed by atoms with Crippen molar-refractivity contribution in [1.82, 2.24) is 4.90 Å². The Morgan fingerprint density at radius 1 is 1.12 bits per heavy atom. The average Bonchev–Trinajstić information content (AvgIpc) is 3.32. The molecule has 1 aliphatic heterocycles. The molecule has 0 atom stereocenters. The summed E-state index contributed by atoms with van der Waals surface area (Å²) in [5, 5.41) is 3.32. The van der Waals surface area contributed by atoms with Gasteiger partial charge in [-0.25, -0.2) is 0 Å². The topological polar surface area (TPSA) is 79.6 Å². The molecule has 1 aromatic heterocycles. The molecule has 3 aromatic rings. The van der Waals surface area contributed by atoms with E-state index in [0.29, 0.717) is 21.6 Å². The van der Waals surface area contributed by atoms with Gasteiger partial charge in [0.05, 0.1) is 4.91 Å². The summed E-state index contributed by atoms with van der Waals surface area (Å²) in [6.07, 6.45) is 1.52. The van der Waals surface area contributed by atoms with Gasteiger partial charge in [0.15, 0.2) is 5.09 Å². The van der Waals surface area contributed by atoms with Crippen molar-refractivity contribution >= 4 is 63.9 Å². The fourth-order valence-electron chi connectivity index (χ4n) is 2.97. The monoisotopic (exact) mass is 498 g/mol. The summed E-state index contributed by atoms with van der Waals surface area (Å²) in [6, 6.07) is 16.7. The molecule has 9 heteroatoms. The third-order valence-electron chi connectivity index (χ3n) is 4.75. The second-order valence-corrected chi connectivity index (χ2v) is 9.83. The molecule has 0 saturated carbocycles. The fourth-order valence-corrected chi connectivity index (χ4v) is 4.75. The molecule has 4 rings (SSSR count). The van der Waals surface area contributed by atoms with Crippen molar-refractivity contribution in [2.45, 2.75) is 23.8 Å². The van der Waals surface area contributed by atoms with E-state index in [1.165, 1.54) is 23.4 Å². The summed E-state index contributed by atoms with van der Waals surface area (Å²) >= 11 is 8.31. The molecule has 1 N–H and O–H groups in total. The first-order valence-electron chi connectivity index (χ1n) is 9.94. The SMILES string of the molecule is Cc1ccc(Sc2ccc(/C=C3/SC(=O)N(CC(=O)Nc4ccc(C)c(Cl)c4)C3=O)o2)cc1. The Labute approximate surface area is 204 Å². The lowest BCUT2D eigenvalue weighted by Crippen LogP contribution is -2.36. The molecule has 1 saturated heterocycles. The van der Waals surface area contributed by atoms with E-state index in [0.717, 1.165) is 27.1 Å². The normalized spacial score (nSPS) is 14.9. The number of nitrogens with zero attached hydrogens (tertiary/aromatic N) is 1. The van der Waals surface area contributed by atoms with Crippen LogP contribution in [0.4, 0.5) is 10.5 Å². The van der Waals surface area contributed by atoms with Crippen LogP contribution in [0.15, 0.2) is 73.9 Å². The number of amides is 3. The van der Waals surface area contributed by atoms with Crippen LogP contribution in [-0.2, 0) is 9.59 Å². The average molecular weight is 499 g/mol. The molecule has 1 aliphatic rings. The molecule has 0 unspecified atom stereocenters. The predicted octanol–water partition coefficient (Wildman–Crippen LogP) is 6.38. The lowest BCUT2D eigenvalue weighted by atomic mass is 10.2. The predicted molar refractivity (Wildman–Crippen MR) is 132 cm³/mol. The van der Waals surface area contributed by atoms with Gasteiger partial charge >= 0.3 is 0 Å². The highest BCUT2D eigenvalue weighted by Crippen LogP contribution is 2.34. The number of hydrogen-bond acceptors (Lipinski definition) is 6. The second kappa shape index (κ2) is 9.91. The van der Waals surface area contributed by atoms with Crippen molar-refractivity contribution in [2.75, 3.05) is 11.9 Å². The van der Waals surface area contributed by atoms with Crippen molar-refractivity contribution in [1.29, 1.82) is 0 Å². The molecule has 0 aliphatic carbocycles. The van der Waals surface area contributed by atoms with Crippen LogP contribution < -0.4 is 5.32 Å². The van der Waals surface area contributed by atoms with Crippen molar-refractivity contribution < 1.29 is 18.8 Å². The number of halogens is 1. The third kappa shape index (κ3) is 5.71. The van der Waals surface area contributed by atoms with Gasteiger partial charge in [-0.1, -0.05) is 47.1 Å². The van der Waals surface area contributed by atoms with E-state index >= 15 is 0 Å². The van der Waals surface area contributed by atoms with Crippen LogP contribution in [0.25, 0.3) is 6.08 Å². The molecule has 0 bridgehead atoms. The van der Waals surface area contributed by atoms with Gasteiger partial charge in [-0.15, -0.1) is 0 Å². The van der Waals surface area contributed by atoms with Crippen molar-refractivity contribution in [3.8, 4) is 0 Å². The van der Waals surface area contributed by atoms with E-state index in [1.54, 1.807) is 30.3 Å². The fraction of sp³-hybridized carbons (Fsp3) is 0.125. The Kier molecular flexibility index (Phi) is 6.97. The van der Waals surface area contributed by atoms with Gasteiger partial charge in [-0.3, -0.25) is 19.3 Å². The molecule has 2 aromatic carbocycles. The zero-order chi connectivity index (χ0) is 23.5. The maximum absolute atomic E-state index is 12.7. The van der Waals surface area contributed by atoms with E-state index < -0.39 is 17.1 Å². The number of furan rings is 1. The summed E-state index contributed by atoms with van der Waals surface area (Å²) < 4.78 is 5.78. The molecule has 33 heavy (non-hydrogen) atoms. The minimum Gasteiger partial charge on any atom is -0.450 e. The van der Waals surface area contributed by atoms with Crippen LogP contribution in [-0.4, -0.2) is 28.5 Å². The van der Waals surface area contributed by atoms with Crippen LogP contribution >= 0.6 is 35.1 Å². The Morgan fingerprint density at radius 3 is 2.61 bits per heavy atom. The molecule has 0 radical (unpaired) electrons. The first-order chi connectivity index (χ1) is 15.8. The maximum Gasteiger partial charge on any atom is 0.294 e. The van der Waals surface area contributed by atoms with Crippen molar-refractivity contribution in [3.05, 3.63) is 81.4 Å². The quantitative estimate of drug-likeness (QED) is 0.397. The summed E-state index contributed by atoms with van der Waals surface area (Å²) in [7, 11) is 0. The number of carbonyl (C=O) groups is 3. The van der Waals surface area contributed by atoms with Gasteiger partial charge in [-0.2, -0.15) is 0 Å². The zero-order valence-corrected chi connectivity index (χ0v) is 20.1. The third-order valence-corrected chi connectivity index (χ3v) is 6.99. The van der Waals surface area contributed by atoms with Gasteiger partial charge < -0.3 is 9.73 Å². The molecule has 3 amide bonds. The van der Waals surface area contributed by atoms with Gasteiger partial charge in [0.25, 0.3) is 11.1 Å². The Hall–Kier alpha value is -2.94. The zero-order valence-electron chi connectivity index (χ0n) is 17.8. The highest BCUT2D eigenvalue weighted by molar-refractivity contribution is 8.18. The van der Waals surface area contributed by atoms with Crippen LogP contribution in [0.1, 0.15) is 16.9 Å². The van der Waals surface area contributed by atoms with Crippen molar-refractivity contribution in [2.24, 2.45) is 0 Å². The van der Waals surface area contributed by atoms with E-state index in [9.17, 15) is 14.4 Å². The highest BCUT2D eigenvalue weighted by Gasteiger charge is 2.36. The number of nitrogens with one attached hydrogen (secondary N) is 1. The summed E-state index contributed by atoms with van der Waals surface area (Å²) in [5.41, 5.74) is 2.54. The summed E-state index contributed by atoms with van der Waals surface area (Å²) in [4.78, 5) is 39.6. The summed E-state index contributed by atoms with van der Waals surface area (Å²) in [6.45, 7) is 3.48. The number of thioether (sulfide) groups is 1. The lowest BCUT2D eigenvalue weighted by Gasteiger charge is -2.12. The highest BCUT2D eigenvalue weighted by atomic mass is 35.5. The Morgan fingerprint density at radius 2 is 1.88 bits per heavy atom. The van der Waals surface area contributed by atoms with Crippen molar-refractivity contribution in [3.63, 3.8) is 0 Å². The molecule has 2 heterocycles. The van der Waals surface area contributed by atoms with Gasteiger partial charge in [0.2, 0.25) is 5.91 Å². The number of aryl methyl sites for hydroxylation is 2. The maximum atomic E-state index is 12.7. The molecular formula is C24H19ClN2O4S2. The Balaban J connectivity index is 1.40. The van der Waals surface area contributed by atoms with Crippen LogP contribution in [0.3, 0.4) is 0 Å². The van der Waals surface area contributed by atoms with E-state index in [-0.39, 0.29) is 11.4 Å². The standard InChI is InChI=1S/C24H19ClN2O4S2/c1-14-3-8-18(9-4-14)32-22-10-7-17(31-22)12-20-23(29)27(24(30)33-20)13-21(28)26-16-6-5-15(2)19(25)11-16/h3-12H,13H2,1-2H3,(H,26,28)/b20-12+. The van der Waals surface area contributed by atoms with E-state index in [4.69, 9.17) is 16.0 Å². The first kappa shape index (κ1) is 23.2. The molecule has 168 valence electrons. The summed E-state index contributed by atoms with van der Waals surface area (Å²) in [5.74, 6) is -0.576. The minimum absolute atomic E-state index is 0.201. The molecule has 6 nitrogen and oxygen atoms in total. The number of carbonyl (C=O) groups excluding carboxylic acids is 3. The number of benzene rings is 2. The van der Waals surface area contributed by atoms with Crippen LogP contribution in [0.5, 0.6) is 0 Å².